The molecule has 8 heteroatoms. The van der Waals surface area contributed by atoms with Gasteiger partial charge in [-0.15, -0.1) is 0 Å². The van der Waals surface area contributed by atoms with Crippen molar-refractivity contribution in [1.29, 1.82) is 0 Å². The molecule has 0 aliphatic heterocycles. The monoisotopic (exact) mass is 307 g/mol. The van der Waals surface area contributed by atoms with E-state index in [1.165, 1.54) is 0 Å². The largest absolute Gasteiger partial charge is 0.424 e. The quantitative estimate of drug-likeness (QED) is 0.350. The standard InChI is InChI=1S/C10H15ClN3O2PS/c1-4-15-17(18,13-8-14(2)3)16-9-6-5-7-12-10(9)11/h5-8H,4H2,1-3H3. The molecule has 0 saturated heterocycles. The zero-order chi connectivity index (χ0) is 13.6. The molecule has 0 N–H and O–H groups in total. The molecule has 0 amide bonds. The summed E-state index contributed by atoms with van der Waals surface area (Å²) in [7, 11) is 3.68. The van der Waals surface area contributed by atoms with Crippen LogP contribution in [0, 0.1) is 0 Å². The molecular formula is C10H15ClN3O2PS. The molecule has 1 rings (SSSR count). The predicted molar refractivity (Wildman–Crippen MR) is 78.0 cm³/mol. The molecule has 0 bridgehead atoms. The van der Waals surface area contributed by atoms with Crippen LogP contribution < -0.4 is 4.52 Å². The molecule has 1 aromatic heterocycles. The van der Waals surface area contributed by atoms with Crippen molar-refractivity contribution in [3.63, 3.8) is 0 Å². The smallest absolute Gasteiger partial charge is 0.362 e. The molecule has 1 atom stereocenters. The number of hydrogen-bond acceptors (Lipinski definition) is 4. The van der Waals surface area contributed by atoms with Crippen molar-refractivity contribution in [2.45, 2.75) is 6.92 Å². The number of hydrogen-bond donors (Lipinski definition) is 0. The summed E-state index contributed by atoms with van der Waals surface area (Å²) in [5.41, 5.74) is 0. The molecule has 0 saturated carbocycles. The lowest BCUT2D eigenvalue weighted by molar-refractivity contribution is 0.331. The lowest BCUT2D eigenvalue weighted by atomic mass is 10.5. The van der Waals surface area contributed by atoms with Crippen molar-refractivity contribution in [2.24, 2.45) is 4.76 Å². The summed E-state index contributed by atoms with van der Waals surface area (Å²) in [5, 5.41) is 0.242. The van der Waals surface area contributed by atoms with E-state index in [1.54, 1.807) is 29.6 Å². The minimum absolute atomic E-state index is 0.242. The highest BCUT2D eigenvalue weighted by atomic mass is 35.5. The molecule has 1 aromatic rings. The molecule has 0 aromatic carbocycles. The maximum absolute atomic E-state index is 5.91. The molecule has 1 heterocycles. The van der Waals surface area contributed by atoms with Gasteiger partial charge in [0.1, 0.15) is 0 Å². The Kier molecular flexibility index (Phi) is 6.02. The summed E-state index contributed by atoms with van der Waals surface area (Å²) in [6, 6.07) is 3.39. The lowest BCUT2D eigenvalue weighted by Crippen LogP contribution is -2.08. The minimum Gasteiger partial charge on any atom is -0.424 e. The molecule has 0 spiro atoms. The highest BCUT2D eigenvalue weighted by molar-refractivity contribution is 8.09. The van der Waals surface area contributed by atoms with Gasteiger partial charge in [-0.3, -0.25) is 0 Å². The van der Waals surface area contributed by atoms with E-state index in [2.05, 4.69) is 9.75 Å². The van der Waals surface area contributed by atoms with Crippen LogP contribution in [0.4, 0.5) is 0 Å². The fraction of sp³-hybridized carbons (Fsp3) is 0.400. The Morgan fingerprint density at radius 2 is 2.33 bits per heavy atom. The summed E-state index contributed by atoms with van der Waals surface area (Å²) in [5.74, 6) is 0.381. The lowest BCUT2D eigenvalue weighted by Gasteiger charge is -2.18. The second-order valence-electron chi connectivity index (χ2n) is 3.46. The second-order valence-corrected chi connectivity index (χ2v) is 6.82. The van der Waals surface area contributed by atoms with E-state index >= 15 is 0 Å². The van der Waals surface area contributed by atoms with Gasteiger partial charge in [0.2, 0.25) is 0 Å². The Balaban J connectivity index is 2.93. The van der Waals surface area contributed by atoms with Crippen LogP contribution in [0.25, 0.3) is 0 Å². The van der Waals surface area contributed by atoms with Gasteiger partial charge in [-0.25, -0.2) is 4.98 Å². The fourth-order valence-corrected chi connectivity index (χ4v) is 3.09. The van der Waals surface area contributed by atoms with Gasteiger partial charge in [0, 0.05) is 32.1 Å². The first-order valence-corrected chi connectivity index (χ1v) is 8.20. The zero-order valence-electron chi connectivity index (χ0n) is 10.4. The van der Waals surface area contributed by atoms with Crippen LogP contribution in [0.15, 0.2) is 23.1 Å². The van der Waals surface area contributed by atoms with Crippen molar-refractivity contribution in [3.05, 3.63) is 23.5 Å². The van der Waals surface area contributed by atoms with E-state index in [-0.39, 0.29) is 5.15 Å². The summed E-state index contributed by atoms with van der Waals surface area (Å²) in [4.78, 5) is 5.67. The van der Waals surface area contributed by atoms with Crippen LogP contribution in [0.5, 0.6) is 5.75 Å². The van der Waals surface area contributed by atoms with Crippen molar-refractivity contribution in [2.75, 3.05) is 20.7 Å². The number of pyridine rings is 1. The van der Waals surface area contributed by atoms with Gasteiger partial charge >= 0.3 is 6.64 Å². The van der Waals surface area contributed by atoms with E-state index < -0.39 is 6.64 Å². The van der Waals surface area contributed by atoms with E-state index in [0.717, 1.165) is 0 Å². The van der Waals surface area contributed by atoms with Crippen molar-refractivity contribution in [3.8, 4) is 5.75 Å². The van der Waals surface area contributed by atoms with Gasteiger partial charge in [0.25, 0.3) is 0 Å². The SMILES string of the molecule is CCOP(=S)(N=CN(C)C)Oc1cccnc1Cl. The molecule has 1 unspecified atom stereocenters. The third-order valence-corrected chi connectivity index (χ3v) is 4.16. The predicted octanol–water partition coefficient (Wildman–Crippen LogP) is 2.96. The average Bonchev–Trinajstić information content (AvgIpc) is 2.30. The van der Waals surface area contributed by atoms with Gasteiger partial charge in [-0.2, -0.15) is 4.76 Å². The minimum atomic E-state index is -2.79. The molecule has 0 radical (unpaired) electrons. The van der Waals surface area contributed by atoms with Crippen LogP contribution in [-0.4, -0.2) is 36.9 Å². The highest BCUT2D eigenvalue weighted by Crippen LogP contribution is 2.50. The Morgan fingerprint density at radius 3 is 2.89 bits per heavy atom. The van der Waals surface area contributed by atoms with Gasteiger partial charge < -0.3 is 13.9 Å². The molecule has 5 nitrogen and oxygen atoms in total. The average molecular weight is 308 g/mol. The van der Waals surface area contributed by atoms with E-state index in [0.29, 0.717) is 12.4 Å². The molecule has 0 aliphatic carbocycles. The first-order valence-electron chi connectivity index (χ1n) is 5.23. The summed E-state index contributed by atoms with van der Waals surface area (Å²) in [6.07, 6.45) is 3.14. The fourth-order valence-electron chi connectivity index (χ4n) is 0.977. The summed E-state index contributed by atoms with van der Waals surface area (Å²) >= 11 is 11.2. The zero-order valence-corrected chi connectivity index (χ0v) is 12.9. The number of nitrogens with zero attached hydrogens (tertiary/aromatic N) is 3. The number of halogens is 1. The number of aromatic nitrogens is 1. The molecule has 100 valence electrons. The van der Waals surface area contributed by atoms with Crippen molar-refractivity contribution < 1.29 is 9.05 Å². The van der Waals surface area contributed by atoms with Crippen LogP contribution in [0.3, 0.4) is 0 Å². The Morgan fingerprint density at radius 1 is 1.61 bits per heavy atom. The van der Waals surface area contributed by atoms with Gasteiger partial charge in [0.15, 0.2) is 10.9 Å². The van der Waals surface area contributed by atoms with E-state index in [1.807, 2.05) is 21.0 Å². The first kappa shape index (κ1) is 15.4. The summed E-state index contributed by atoms with van der Waals surface area (Å²) in [6.45, 7) is -0.535. The first-order chi connectivity index (χ1) is 8.47. The van der Waals surface area contributed by atoms with Crippen LogP contribution in [0.1, 0.15) is 6.92 Å². The Labute approximate surface area is 117 Å². The Bertz CT molecular complexity index is 470. The van der Waals surface area contributed by atoms with Crippen molar-refractivity contribution >= 4 is 36.4 Å². The third kappa shape index (κ3) is 4.90. The van der Waals surface area contributed by atoms with Crippen LogP contribution in [0.2, 0.25) is 5.15 Å². The van der Waals surface area contributed by atoms with Gasteiger partial charge in [-0.1, -0.05) is 11.6 Å². The van der Waals surface area contributed by atoms with Crippen LogP contribution >= 0.6 is 18.2 Å². The van der Waals surface area contributed by atoms with E-state index in [4.69, 9.17) is 32.5 Å². The molecule has 0 aliphatic rings. The maximum Gasteiger partial charge on any atom is 0.362 e. The highest BCUT2D eigenvalue weighted by Gasteiger charge is 2.20. The van der Waals surface area contributed by atoms with Crippen molar-refractivity contribution in [1.82, 2.24) is 9.88 Å². The molecule has 18 heavy (non-hydrogen) atoms. The maximum atomic E-state index is 5.91. The normalized spacial score (nSPS) is 14.4. The summed E-state index contributed by atoms with van der Waals surface area (Å²) < 4.78 is 15.2. The van der Waals surface area contributed by atoms with Crippen LogP contribution in [-0.2, 0) is 16.3 Å². The number of rotatable bonds is 6. The third-order valence-electron chi connectivity index (χ3n) is 1.65. The second kappa shape index (κ2) is 7.04. The topological polar surface area (TPSA) is 47.0 Å². The Hall–Kier alpha value is -0.680. The van der Waals surface area contributed by atoms with E-state index in [9.17, 15) is 0 Å². The molecular weight excluding hydrogens is 293 g/mol. The van der Waals surface area contributed by atoms with Gasteiger partial charge in [0.05, 0.1) is 12.9 Å². The molecule has 0 fully saturated rings. The van der Waals surface area contributed by atoms with Gasteiger partial charge in [-0.05, 0) is 19.1 Å².